The van der Waals surface area contributed by atoms with Crippen molar-refractivity contribution in [2.24, 2.45) is 40.9 Å². The summed E-state index contributed by atoms with van der Waals surface area (Å²) < 4.78 is 225. The molecule has 0 aliphatic rings. The Kier molecular flexibility index (Phi) is 18.8. The van der Waals surface area contributed by atoms with E-state index in [-0.39, 0.29) is 50.0 Å². The zero-order chi connectivity index (χ0) is 66.4. The van der Waals surface area contributed by atoms with E-state index in [1.165, 1.54) is 24.3 Å². The largest absolute Gasteiger partial charge is 0.507 e. The molecule has 90 heavy (non-hydrogen) atoms. The Balaban J connectivity index is 1.33. The number of rotatable bonds is 22. The molecule has 8 rings (SSSR count). The molecule has 0 fully saturated rings. The number of anilines is 1. The third-order valence-corrected chi connectivity index (χ3v) is 20.0. The molecule has 33 nitrogen and oxygen atoms in total. The third kappa shape index (κ3) is 14.7. The maximum Gasteiger partial charge on any atom is 0.298 e. The summed E-state index contributed by atoms with van der Waals surface area (Å²) in [6, 6.07) is 16.6. The molecule has 0 heterocycles. The van der Waals surface area contributed by atoms with Crippen LogP contribution in [0.25, 0.3) is 32.3 Å². The van der Waals surface area contributed by atoms with Crippen LogP contribution in [0.5, 0.6) is 17.2 Å². The Bertz CT molecular complexity index is 5320. The van der Waals surface area contributed by atoms with Crippen molar-refractivity contribution in [2.45, 2.75) is 43.8 Å². The number of nitrogen functional groups attached to an aromatic ring is 1. The number of aryl methyl sites for hydroxylation is 1. The van der Waals surface area contributed by atoms with Crippen LogP contribution in [0.1, 0.15) is 22.3 Å². The van der Waals surface area contributed by atoms with Crippen molar-refractivity contribution in [3.63, 3.8) is 0 Å². The second kappa shape index (κ2) is 25.1. The highest BCUT2D eigenvalue weighted by atomic mass is 32.2. The molecular weight excluding hydrogens is 1340 g/mol. The first-order valence-electron chi connectivity index (χ1n) is 24.5. The van der Waals surface area contributed by atoms with E-state index in [1.807, 2.05) is 0 Å². The van der Waals surface area contributed by atoms with Gasteiger partial charge in [-0.15, -0.1) is 35.8 Å². The van der Waals surface area contributed by atoms with E-state index in [0.717, 1.165) is 89.1 Å². The summed E-state index contributed by atoms with van der Waals surface area (Å²) >= 11 is 0. The molecule has 8 aromatic carbocycles. The summed E-state index contributed by atoms with van der Waals surface area (Å²) in [5.41, 5.74) is 2.31. The lowest BCUT2D eigenvalue weighted by Crippen LogP contribution is -2.07. The number of benzene rings is 8. The molecular formula is C50H45N9O24S7. The van der Waals surface area contributed by atoms with Crippen molar-refractivity contribution in [3.8, 4) is 17.2 Å². The standard InChI is InChI=1S/C50H45N9O24S7/c1-25-6-8-27(23-85(66,67)68)38(14-25)56-52-34-9-11-36(45-31(34)17-29(19-41(45)60)87(72,73)80-2)54-58-40-21-44(90(78,79)83-5)33-16-28(24-86(69,70)71)49(50(62)47(33)48(40)51)59-55-37-12-10-35(32-18-30(88(74,75)81-3)20-42(61)46(32)37)53-57-39-15-26(22-84(63,64)65)7-13-43(39)89(76,77)82-4/h6-21,60-62H,22-24,51H2,1-5H3,(H,63,64,65)(H,66,67,68)(H,69,70,71). The van der Waals surface area contributed by atoms with Gasteiger partial charge < -0.3 is 21.1 Å². The van der Waals surface area contributed by atoms with Crippen LogP contribution in [0, 0.1) is 6.92 Å². The van der Waals surface area contributed by atoms with E-state index in [1.54, 1.807) is 13.0 Å². The van der Waals surface area contributed by atoms with Gasteiger partial charge in [0.15, 0.2) is 5.75 Å². The first kappa shape index (κ1) is 67.4. The van der Waals surface area contributed by atoms with Gasteiger partial charge in [0, 0.05) is 33.9 Å². The average molecular weight is 1380 g/mol. The fraction of sp³-hybridized carbons (Fsp3) is 0.160. The minimum Gasteiger partial charge on any atom is -0.507 e. The fourth-order valence-corrected chi connectivity index (χ4v) is 13.7. The number of azo groups is 4. The fourth-order valence-electron chi connectivity index (χ4n) is 8.77. The summed E-state index contributed by atoms with van der Waals surface area (Å²) in [6.45, 7) is 1.65. The molecule has 0 spiro atoms. The van der Waals surface area contributed by atoms with Gasteiger partial charge in [0.05, 0.1) is 88.5 Å². The number of nitrogens with zero attached hydrogens (tertiary/aromatic N) is 8. The molecule has 0 unspecified atom stereocenters. The van der Waals surface area contributed by atoms with Crippen LogP contribution >= 0.6 is 0 Å². The number of phenolic OH excluding ortho intramolecular Hbond substituents is 3. The predicted molar refractivity (Wildman–Crippen MR) is 318 cm³/mol. The molecule has 40 heteroatoms. The van der Waals surface area contributed by atoms with Gasteiger partial charge in [-0.05, 0) is 90.3 Å². The Morgan fingerprint density at radius 3 is 1.32 bits per heavy atom. The number of nitrogens with two attached hydrogens (primary N) is 1. The summed E-state index contributed by atoms with van der Waals surface area (Å²) in [5.74, 6) is -6.17. The molecule has 476 valence electrons. The molecule has 0 amide bonds. The quantitative estimate of drug-likeness (QED) is 0.0144. The molecule has 0 radical (unpaired) electrons. The van der Waals surface area contributed by atoms with Crippen LogP contribution in [-0.4, -0.2) is 116 Å². The molecule has 0 bridgehead atoms. The molecule has 0 saturated heterocycles. The molecule has 0 saturated carbocycles. The molecule has 0 aliphatic carbocycles. The molecule has 0 aliphatic heterocycles. The van der Waals surface area contributed by atoms with Crippen LogP contribution in [-0.2, 0) is 105 Å². The van der Waals surface area contributed by atoms with E-state index in [0.29, 0.717) is 11.6 Å². The van der Waals surface area contributed by atoms with E-state index < -0.39 is 175 Å². The summed E-state index contributed by atoms with van der Waals surface area (Å²) in [6.07, 6.45) is 0. The number of hydrogen-bond donors (Lipinski definition) is 7. The van der Waals surface area contributed by atoms with Gasteiger partial charge in [-0.25, -0.2) is 0 Å². The maximum absolute atomic E-state index is 13.8. The van der Waals surface area contributed by atoms with Crippen LogP contribution in [0.3, 0.4) is 0 Å². The second-order valence-electron chi connectivity index (χ2n) is 18.8. The predicted octanol–water partition coefficient (Wildman–Crippen LogP) is 9.32. The highest BCUT2D eigenvalue weighted by Gasteiger charge is 2.29. The molecule has 0 aromatic heterocycles. The van der Waals surface area contributed by atoms with Crippen LogP contribution in [0.15, 0.2) is 158 Å². The van der Waals surface area contributed by atoms with Crippen molar-refractivity contribution in [2.75, 3.05) is 34.2 Å². The van der Waals surface area contributed by atoms with Gasteiger partial charge in [-0.2, -0.15) is 64.0 Å². The average Bonchev–Trinajstić information content (AvgIpc) is 0.765. The van der Waals surface area contributed by atoms with Crippen LogP contribution in [0.2, 0.25) is 0 Å². The molecule has 8 N–H and O–H groups in total. The van der Waals surface area contributed by atoms with Crippen molar-refractivity contribution in [1.29, 1.82) is 0 Å². The minimum atomic E-state index is -5.15. The van der Waals surface area contributed by atoms with Crippen molar-refractivity contribution >= 4 is 154 Å². The number of fused-ring (bicyclic) bond motifs is 3. The van der Waals surface area contributed by atoms with Crippen molar-refractivity contribution < 1.29 is 105 Å². The van der Waals surface area contributed by atoms with E-state index in [2.05, 4.69) is 53.5 Å². The van der Waals surface area contributed by atoms with E-state index >= 15 is 0 Å². The SMILES string of the molecule is COS(=O)(=O)c1cc(O)c2c(N=Nc3cc(S(=O)(=O)OC)c4cc(CS(=O)(=O)O)c(N=Nc5ccc(N=Nc6cc(CS(=O)(=O)O)ccc6S(=O)(=O)OC)c6cc(S(=O)(=O)OC)cc(O)c56)c(O)c4c3N)ccc(N=Nc3cc(C)ccc3CS(=O)(=O)O)c2c1. The highest BCUT2D eigenvalue weighted by molar-refractivity contribution is 7.88. The van der Waals surface area contributed by atoms with Gasteiger partial charge in [-0.1, -0.05) is 18.2 Å². The minimum absolute atomic E-state index is 0.0110. The number of hydrogen-bond acceptors (Lipinski definition) is 30. The lowest BCUT2D eigenvalue weighted by atomic mass is 10.0. The Morgan fingerprint density at radius 2 is 0.822 bits per heavy atom. The first-order valence-corrected chi connectivity index (χ1v) is 34.9. The van der Waals surface area contributed by atoms with Gasteiger partial charge >= 0.3 is 0 Å². The van der Waals surface area contributed by atoms with Gasteiger partial charge in [0.25, 0.3) is 70.8 Å². The number of aromatic hydroxyl groups is 3. The maximum atomic E-state index is 13.8. The Hall–Kier alpha value is -8.49. The zero-order valence-electron chi connectivity index (χ0n) is 46.4. The summed E-state index contributed by atoms with van der Waals surface area (Å²) in [4.78, 5) is -2.86. The lowest BCUT2D eigenvalue weighted by molar-refractivity contribution is 0.396. The second-order valence-corrected chi connectivity index (χ2v) is 29.9. The van der Waals surface area contributed by atoms with E-state index in [9.17, 15) is 87.9 Å². The third-order valence-electron chi connectivity index (χ3n) is 12.8. The normalized spacial score (nSPS) is 13.4. The monoisotopic (exact) mass is 1380 g/mol. The van der Waals surface area contributed by atoms with Crippen LogP contribution in [0.4, 0.5) is 51.2 Å². The summed E-state index contributed by atoms with van der Waals surface area (Å²) in [5, 5.41) is 65.3. The molecule has 8 aromatic rings. The number of phenols is 3. The van der Waals surface area contributed by atoms with Gasteiger partial charge in [-0.3, -0.25) is 30.4 Å². The van der Waals surface area contributed by atoms with Crippen molar-refractivity contribution in [3.05, 3.63) is 119 Å². The molecule has 0 atom stereocenters. The zero-order valence-corrected chi connectivity index (χ0v) is 52.1. The van der Waals surface area contributed by atoms with Crippen LogP contribution < -0.4 is 5.73 Å². The highest BCUT2D eigenvalue weighted by Crippen LogP contribution is 2.50. The first-order chi connectivity index (χ1) is 41.8. The Morgan fingerprint density at radius 1 is 0.389 bits per heavy atom. The summed E-state index contributed by atoms with van der Waals surface area (Å²) in [7, 11) is -30.1. The smallest absolute Gasteiger partial charge is 0.298 e. The topological polar surface area (TPSA) is 522 Å². The lowest BCUT2D eigenvalue weighted by Gasteiger charge is -2.16. The van der Waals surface area contributed by atoms with E-state index in [4.69, 9.17) is 9.92 Å². The van der Waals surface area contributed by atoms with Gasteiger partial charge in [0.2, 0.25) is 0 Å². The Labute approximate surface area is 511 Å². The van der Waals surface area contributed by atoms with Crippen molar-refractivity contribution in [1.82, 2.24) is 0 Å². The van der Waals surface area contributed by atoms with Gasteiger partial charge in [0.1, 0.15) is 55.6 Å².